The third-order valence-electron chi connectivity index (χ3n) is 0.826. The molecule has 0 bridgehead atoms. The van der Waals surface area contributed by atoms with Gasteiger partial charge in [0, 0.05) is 6.04 Å². The van der Waals surface area contributed by atoms with E-state index in [2.05, 4.69) is 6.58 Å². The summed E-state index contributed by atoms with van der Waals surface area (Å²) in [6.45, 7) is 5.58. The summed E-state index contributed by atoms with van der Waals surface area (Å²) in [6.07, 6.45) is 3.99. The molecule has 0 aliphatic rings. The zero-order valence-electron chi connectivity index (χ0n) is 6.50. The Balaban J connectivity index is -0.000000140. The van der Waals surface area contributed by atoms with Gasteiger partial charge in [-0.05, 0) is 19.8 Å². The number of nitrogens with two attached hydrogens (primary N) is 2. The van der Waals surface area contributed by atoms with Crippen LogP contribution in [-0.4, -0.2) is 6.04 Å². The summed E-state index contributed by atoms with van der Waals surface area (Å²) in [5.74, 6) is 0. The van der Waals surface area contributed by atoms with Crippen molar-refractivity contribution in [1.29, 1.82) is 0 Å². The van der Waals surface area contributed by atoms with Crippen LogP contribution >= 0.6 is 18.8 Å². The van der Waals surface area contributed by atoms with Gasteiger partial charge in [0.15, 0.2) is 0 Å². The van der Waals surface area contributed by atoms with Crippen LogP contribution in [0.3, 0.4) is 0 Å². The quantitative estimate of drug-likeness (QED) is 0.749. The van der Waals surface area contributed by atoms with Gasteiger partial charge in [0.2, 0.25) is 0 Å². The predicted molar refractivity (Wildman–Crippen MR) is 50.1 cm³/mol. The van der Waals surface area contributed by atoms with E-state index in [-0.39, 0.29) is 6.15 Å². The molecule has 0 saturated carbocycles. The molecule has 0 aromatic heterocycles. The molecule has 0 aromatic rings. The average Bonchev–Trinajstić information content (AvgIpc) is 1.85. The smallest absolute Gasteiger partial charge is 0.693 e. The topological polar surface area (TPSA) is 59.5 Å². The van der Waals surface area contributed by atoms with Crippen LogP contribution in [0.15, 0.2) is 12.7 Å². The summed E-state index contributed by atoms with van der Waals surface area (Å²) in [7, 11) is 9.75. The van der Waals surface area contributed by atoms with Gasteiger partial charge in [-0.15, -0.1) is 6.58 Å². The van der Waals surface area contributed by atoms with Crippen LogP contribution in [0.4, 0.5) is 0 Å². The third kappa shape index (κ3) is 35.9. The third-order valence-corrected chi connectivity index (χ3v) is 0.826. The summed E-state index contributed by atoms with van der Waals surface area (Å²) < 4.78 is 0. The molecule has 0 fully saturated rings. The van der Waals surface area contributed by atoms with Crippen LogP contribution in [-0.2, 0) is 16.5 Å². The summed E-state index contributed by atoms with van der Waals surface area (Å²) in [4.78, 5) is 0. The minimum absolute atomic E-state index is 0. The van der Waals surface area contributed by atoms with Crippen molar-refractivity contribution in [3.05, 3.63) is 18.8 Å². The molecule has 1 atom stereocenters. The molecule has 4 N–H and O–H groups in total. The molecular weight excluding hydrogens is 366 g/mol. The van der Waals surface area contributed by atoms with E-state index in [9.17, 15) is 0 Å². The Kier molecular flexibility index (Phi) is 27.8. The molecule has 0 radical (unpaired) electrons. The largest absolute Gasteiger partial charge is 0.693 e. The molecule has 5 heteroatoms. The van der Waals surface area contributed by atoms with Crippen LogP contribution in [0.5, 0.6) is 0 Å². The Morgan fingerprint density at radius 3 is 2.09 bits per heavy atom. The summed E-state index contributed by atoms with van der Waals surface area (Å²) in [5.41, 5.74) is 5.43. The minimum atomic E-state index is -0.472. The van der Waals surface area contributed by atoms with Crippen LogP contribution in [0.1, 0.15) is 19.8 Å². The fourth-order valence-corrected chi connectivity index (χ4v) is 0.381. The van der Waals surface area contributed by atoms with Gasteiger partial charge >= 0.3 is 35.3 Å². The van der Waals surface area contributed by atoms with Crippen molar-refractivity contribution in [2.75, 3.05) is 0 Å². The van der Waals surface area contributed by atoms with E-state index in [1.54, 1.807) is 0 Å². The van der Waals surface area contributed by atoms with Crippen molar-refractivity contribution in [2.24, 2.45) is 5.73 Å². The van der Waals surface area contributed by atoms with Crippen LogP contribution in [0, 0.1) is 0 Å². The number of hydrogen-bond acceptors (Lipinski definition) is 1. The van der Waals surface area contributed by atoms with Crippen LogP contribution in [0.2, 0.25) is 0 Å². The van der Waals surface area contributed by atoms with E-state index >= 15 is 0 Å². The predicted octanol–water partition coefficient (Wildman–Crippen LogP) is 3.39. The molecule has 11 heavy (non-hydrogen) atoms. The Morgan fingerprint density at radius 1 is 1.64 bits per heavy atom. The number of rotatable bonds is 3. The van der Waals surface area contributed by atoms with Gasteiger partial charge in [0.25, 0.3) is 0 Å². The van der Waals surface area contributed by atoms with Crippen molar-refractivity contribution in [2.45, 2.75) is 25.8 Å². The maximum Gasteiger partial charge on any atom is -0.693 e. The molecule has 1 unspecified atom stereocenters. The van der Waals surface area contributed by atoms with Gasteiger partial charge < -0.3 is 11.9 Å². The Hall–Kier alpha value is 0.928. The molecule has 0 saturated heterocycles. The first kappa shape index (κ1) is 17.9. The van der Waals surface area contributed by atoms with Crippen molar-refractivity contribution in [1.82, 2.24) is 0 Å². The van der Waals surface area contributed by atoms with Gasteiger partial charge in [-0.2, -0.15) is 0 Å². The number of hydrogen-bond donors (Lipinski definition) is 1. The first-order valence-corrected chi connectivity index (χ1v) is 8.51. The van der Waals surface area contributed by atoms with Crippen LogP contribution < -0.4 is 5.73 Å². The van der Waals surface area contributed by atoms with E-state index < -0.39 is 16.5 Å². The van der Waals surface area contributed by atoms with Gasteiger partial charge in [-0.3, -0.25) is 0 Å². The average molecular weight is 381 g/mol. The van der Waals surface area contributed by atoms with Crippen molar-refractivity contribution >= 4 is 18.8 Å². The summed E-state index contributed by atoms with van der Waals surface area (Å²) in [5, 5.41) is 0. The number of allylic oxidation sites excluding steroid dienone is 1. The fraction of sp³-hybridized carbons (Fsp3) is 0.667. The molecule has 0 aromatic carbocycles. The second-order valence-corrected chi connectivity index (χ2v) is 5.17. The second kappa shape index (κ2) is 17.1. The van der Waals surface area contributed by atoms with E-state index in [0.717, 1.165) is 12.8 Å². The van der Waals surface area contributed by atoms with Gasteiger partial charge in [-0.25, -0.2) is 0 Å². The first-order chi connectivity index (χ1) is 4.68. The minimum Gasteiger partial charge on any atom is -0.693 e. The van der Waals surface area contributed by atoms with Gasteiger partial charge in [-0.1, -0.05) is 6.08 Å². The Bertz CT molecular complexity index is 71.6. The zero-order chi connectivity index (χ0) is 8.41. The van der Waals surface area contributed by atoms with E-state index in [4.69, 9.17) is 24.6 Å². The second-order valence-electron chi connectivity index (χ2n) is 1.89. The molecular formula is C6H15Cl2N2Pt-. The molecule has 0 aliphatic carbocycles. The molecule has 2 nitrogen and oxygen atoms in total. The van der Waals surface area contributed by atoms with Gasteiger partial charge in [0.1, 0.15) is 0 Å². The van der Waals surface area contributed by atoms with Crippen molar-refractivity contribution in [3.8, 4) is 0 Å². The molecule has 0 aliphatic heterocycles. The molecule has 0 spiro atoms. The monoisotopic (exact) mass is 380 g/mol. The van der Waals surface area contributed by atoms with E-state index in [0.29, 0.717) is 6.04 Å². The molecule has 0 amide bonds. The van der Waals surface area contributed by atoms with Crippen molar-refractivity contribution < 1.29 is 16.5 Å². The standard InChI is InChI=1S/C6H13N.2ClH.H2N.Pt/c1-3-4-5-6(2)7;;;;/h3,6H,1,4-5,7H2,2H3;2*1H;1H2;/q;;;-1;+2/p-2. The maximum absolute atomic E-state index is 5.43. The molecule has 74 valence electrons. The normalized spacial score (nSPS) is 10.5. The number of halogens is 2. The molecule has 0 rings (SSSR count). The Labute approximate surface area is 85.5 Å². The first-order valence-electron chi connectivity index (χ1n) is 2.87. The van der Waals surface area contributed by atoms with E-state index in [1.165, 1.54) is 0 Å². The maximum atomic E-state index is 5.43. The van der Waals surface area contributed by atoms with Crippen LogP contribution in [0.25, 0.3) is 6.15 Å². The SMILES string of the molecule is C=CCCC(C)N.[Cl][Pt][Cl].[NH2-]. The van der Waals surface area contributed by atoms with E-state index in [1.807, 2.05) is 13.0 Å². The van der Waals surface area contributed by atoms with Gasteiger partial charge in [0.05, 0.1) is 0 Å². The fourth-order valence-electron chi connectivity index (χ4n) is 0.381. The van der Waals surface area contributed by atoms with Crippen molar-refractivity contribution in [3.63, 3.8) is 0 Å². The summed E-state index contributed by atoms with van der Waals surface area (Å²) >= 11 is -0.472. The zero-order valence-corrected chi connectivity index (χ0v) is 10.3. The molecule has 0 heterocycles. The Morgan fingerprint density at radius 2 is 2.00 bits per heavy atom. The summed E-state index contributed by atoms with van der Waals surface area (Å²) in [6, 6.07) is 0.331.